The standard InChI is InChI=1S/C15H20BrN5S.HI/c1-17-14(18-8-11-4-6-12(16)7-5-11)19-9-13-10-22-15(20-13)21(2)3;/h4-7,10H,8-9H2,1-3H3,(H2,17,18,19);1H. The van der Waals surface area contributed by atoms with Crippen molar-refractivity contribution in [1.29, 1.82) is 0 Å². The summed E-state index contributed by atoms with van der Waals surface area (Å²) in [4.78, 5) is 10.8. The fraction of sp³-hybridized carbons (Fsp3) is 0.333. The van der Waals surface area contributed by atoms with Crippen LogP contribution < -0.4 is 15.5 Å². The summed E-state index contributed by atoms with van der Waals surface area (Å²) in [5, 5.41) is 9.64. The molecule has 0 aliphatic carbocycles. The van der Waals surface area contributed by atoms with Crippen molar-refractivity contribution in [1.82, 2.24) is 15.6 Å². The quantitative estimate of drug-likeness (QED) is 0.368. The average molecular weight is 510 g/mol. The number of benzene rings is 1. The van der Waals surface area contributed by atoms with Crippen LogP contribution in [0.15, 0.2) is 39.1 Å². The van der Waals surface area contributed by atoms with Crippen LogP contribution >= 0.6 is 51.2 Å². The Labute approximate surface area is 166 Å². The van der Waals surface area contributed by atoms with E-state index in [2.05, 4.69) is 54.1 Å². The zero-order chi connectivity index (χ0) is 15.9. The number of thiazole rings is 1. The number of halogens is 2. The summed E-state index contributed by atoms with van der Waals surface area (Å²) in [5.41, 5.74) is 2.22. The van der Waals surface area contributed by atoms with E-state index in [1.165, 1.54) is 5.56 Å². The van der Waals surface area contributed by atoms with Crippen molar-refractivity contribution in [3.63, 3.8) is 0 Å². The Balaban J connectivity index is 0.00000264. The third-order valence-electron chi connectivity index (χ3n) is 2.96. The van der Waals surface area contributed by atoms with Crippen molar-refractivity contribution in [2.45, 2.75) is 13.1 Å². The number of guanidine groups is 1. The van der Waals surface area contributed by atoms with Crippen LogP contribution in [0.25, 0.3) is 0 Å². The molecule has 0 fully saturated rings. The number of anilines is 1. The predicted molar refractivity (Wildman–Crippen MR) is 113 cm³/mol. The molecule has 8 heteroatoms. The van der Waals surface area contributed by atoms with E-state index in [1.54, 1.807) is 18.4 Å². The molecule has 0 bridgehead atoms. The van der Waals surface area contributed by atoms with Crippen LogP contribution in [0, 0.1) is 0 Å². The van der Waals surface area contributed by atoms with Gasteiger partial charge in [-0.15, -0.1) is 35.3 Å². The van der Waals surface area contributed by atoms with Gasteiger partial charge in [0.1, 0.15) is 0 Å². The van der Waals surface area contributed by atoms with E-state index in [-0.39, 0.29) is 24.0 Å². The second-order valence-corrected chi connectivity index (χ2v) is 6.67. The molecule has 0 spiro atoms. The number of nitrogens with one attached hydrogen (secondary N) is 2. The molecule has 0 amide bonds. The van der Waals surface area contributed by atoms with Crippen LogP contribution in [0.3, 0.4) is 0 Å². The lowest BCUT2D eigenvalue weighted by atomic mass is 10.2. The molecule has 0 saturated heterocycles. The highest BCUT2D eigenvalue weighted by Crippen LogP contribution is 2.17. The van der Waals surface area contributed by atoms with Gasteiger partial charge in [0.05, 0.1) is 12.2 Å². The van der Waals surface area contributed by atoms with Crippen LogP contribution in [0.2, 0.25) is 0 Å². The minimum Gasteiger partial charge on any atom is -0.354 e. The van der Waals surface area contributed by atoms with Crippen molar-refractivity contribution < 1.29 is 0 Å². The fourth-order valence-electron chi connectivity index (χ4n) is 1.77. The lowest BCUT2D eigenvalue weighted by Crippen LogP contribution is -2.36. The van der Waals surface area contributed by atoms with E-state index >= 15 is 0 Å². The van der Waals surface area contributed by atoms with Gasteiger partial charge in [0.25, 0.3) is 0 Å². The Bertz CT molecular complexity index is 627. The number of hydrogen-bond acceptors (Lipinski definition) is 4. The average Bonchev–Trinajstić information content (AvgIpc) is 2.98. The molecule has 0 aliphatic rings. The summed E-state index contributed by atoms with van der Waals surface area (Å²) < 4.78 is 1.08. The molecular weight excluding hydrogens is 489 g/mol. The highest BCUT2D eigenvalue weighted by molar-refractivity contribution is 14.0. The van der Waals surface area contributed by atoms with Gasteiger partial charge in [0, 0.05) is 37.5 Å². The van der Waals surface area contributed by atoms with E-state index in [4.69, 9.17) is 0 Å². The molecule has 0 aliphatic heterocycles. The van der Waals surface area contributed by atoms with Gasteiger partial charge in [-0.05, 0) is 17.7 Å². The van der Waals surface area contributed by atoms with E-state index < -0.39 is 0 Å². The molecule has 1 heterocycles. The number of hydrogen-bond donors (Lipinski definition) is 2. The molecule has 0 radical (unpaired) electrons. The molecule has 1 aromatic heterocycles. The van der Waals surface area contributed by atoms with E-state index in [9.17, 15) is 0 Å². The first-order valence-electron chi connectivity index (χ1n) is 6.89. The first-order valence-corrected chi connectivity index (χ1v) is 8.56. The monoisotopic (exact) mass is 509 g/mol. The topological polar surface area (TPSA) is 52.6 Å². The lowest BCUT2D eigenvalue weighted by molar-refractivity contribution is 0.797. The second kappa shape index (κ2) is 10.1. The maximum atomic E-state index is 4.54. The summed E-state index contributed by atoms with van der Waals surface area (Å²) in [6.45, 7) is 1.39. The fourth-order valence-corrected chi connectivity index (χ4v) is 2.79. The van der Waals surface area contributed by atoms with Gasteiger partial charge in [-0.2, -0.15) is 0 Å². The summed E-state index contributed by atoms with van der Waals surface area (Å²) >= 11 is 5.07. The predicted octanol–water partition coefficient (Wildman–Crippen LogP) is 3.45. The molecular formula is C15H21BrIN5S. The molecule has 23 heavy (non-hydrogen) atoms. The Hall–Kier alpha value is -0.870. The maximum absolute atomic E-state index is 4.54. The minimum atomic E-state index is 0. The molecule has 0 unspecified atom stereocenters. The van der Waals surface area contributed by atoms with Gasteiger partial charge in [0.2, 0.25) is 0 Å². The van der Waals surface area contributed by atoms with Crippen molar-refractivity contribution in [2.75, 3.05) is 26.0 Å². The third-order valence-corrected chi connectivity index (χ3v) is 4.54. The molecule has 0 atom stereocenters. The van der Waals surface area contributed by atoms with Crippen molar-refractivity contribution >= 4 is 62.3 Å². The summed E-state index contributed by atoms with van der Waals surface area (Å²) in [6, 6.07) is 8.22. The second-order valence-electron chi connectivity index (χ2n) is 4.92. The van der Waals surface area contributed by atoms with Gasteiger partial charge in [-0.3, -0.25) is 4.99 Å². The zero-order valence-electron chi connectivity index (χ0n) is 13.3. The van der Waals surface area contributed by atoms with Gasteiger partial charge in [-0.1, -0.05) is 28.1 Å². The first-order chi connectivity index (χ1) is 10.6. The summed E-state index contributed by atoms with van der Waals surface area (Å²) in [5.74, 6) is 0.766. The number of nitrogens with zero attached hydrogens (tertiary/aromatic N) is 3. The van der Waals surface area contributed by atoms with Gasteiger partial charge in [0.15, 0.2) is 11.1 Å². The SMILES string of the molecule is CN=C(NCc1ccc(Br)cc1)NCc1csc(N(C)C)n1.I. The van der Waals surface area contributed by atoms with Crippen LogP contribution in [0.4, 0.5) is 5.13 Å². The van der Waals surface area contributed by atoms with Crippen LogP contribution in [0.5, 0.6) is 0 Å². The van der Waals surface area contributed by atoms with Crippen molar-refractivity contribution in [3.8, 4) is 0 Å². The highest BCUT2D eigenvalue weighted by atomic mass is 127. The molecule has 126 valence electrons. The van der Waals surface area contributed by atoms with Crippen molar-refractivity contribution in [2.24, 2.45) is 4.99 Å². The Morgan fingerprint density at radius 3 is 2.43 bits per heavy atom. The smallest absolute Gasteiger partial charge is 0.191 e. The Kier molecular flexibility index (Phi) is 8.85. The molecule has 2 rings (SSSR count). The van der Waals surface area contributed by atoms with E-state index in [1.807, 2.05) is 31.1 Å². The Morgan fingerprint density at radius 2 is 1.87 bits per heavy atom. The van der Waals surface area contributed by atoms with E-state index in [0.717, 1.165) is 27.8 Å². The molecule has 2 aromatic rings. The largest absolute Gasteiger partial charge is 0.354 e. The third kappa shape index (κ3) is 6.64. The Morgan fingerprint density at radius 1 is 1.22 bits per heavy atom. The highest BCUT2D eigenvalue weighted by Gasteiger charge is 2.04. The number of rotatable bonds is 5. The van der Waals surface area contributed by atoms with Crippen LogP contribution in [-0.4, -0.2) is 32.1 Å². The summed E-state index contributed by atoms with van der Waals surface area (Å²) in [6.07, 6.45) is 0. The van der Waals surface area contributed by atoms with Crippen LogP contribution in [-0.2, 0) is 13.1 Å². The van der Waals surface area contributed by atoms with Crippen LogP contribution in [0.1, 0.15) is 11.3 Å². The van der Waals surface area contributed by atoms with Crippen molar-refractivity contribution in [3.05, 3.63) is 45.4 Å². The van der Waals surface area contributed by atoms with E-state index in [0.29, 0.717) is 6.54 Å². The van der Waals surface area contributed by atoms with Gasteiger partial charge in [-0.25, -0.2) is 4.98 Å². The van der Waals surface area contributed by atoms with Gasteiger partial charge < -0.3 is 15.5 Å². The maximum Gasteiger partial charge on any atom is 0.191 e. The van der Waals surface area contributed by atoms with Gasteiger partial charge >= 0.3 is 0 Å². The first kappa shape index (κ1) is 20.2. The molecule has 5 nitrogen and oxygen atoms in total. The minimum absolute atomic E-state index is 0. The zero-order valence-corrected chi connectivity index (χ0v) is 18.1. The lowest BCUT2D eigenvalue weighted by Gasteiger charge is -2.11. The normalized spacial score (nSPS) is 10.9. The number of aliphatic imine (C=N–C) groups is 1. The summed E-state index contributed by atoms with van der Waals surface area (Å²) in [7, 11) is 5.76. The molecule has 1 aromatic carbocycles. The molecule has 2 N–H and O–H groups in total. The number of aromatic nitrogens is 1. The molecule has 0 saturated carbocycles.